The zero-order chi connectivity index (χ0) is 16.1. The van der Waals surface area contributed by atoms with Crippen molar-refractivity contribution in [1.29, 1.82) is 0 Å². The lowest BCUT2D eigenvalue weighted by atomic mass is 10.2. The molecule has 2 aromatic rings. The number of hydrogen-bond donors (Lipinski definition) is 2. The molecule has 0 fully saturated rings. The highest BCUT2D eigenvalue weighted by Crippen LogP contribution is 2.30. The van der Waals surface area contributed by atoms with Gasteiger partial charge in [-0.15, -0.1) is 24.0 Å². The smallest absolute Gasteiger partial charge is 0.193 e. The summed E-state index contributed by atoms with van der Waals surface area (Å²) in [5.74, 6) is 1.96. The molecule has 24 heavy (non-hydrogen) atoms. The average molecular weight is 439 g/mol. The van der Waals surface area contributed by atoms with Crippen LogP contribution >= 0.6 is 24.0 Å². The van der Waals surface area contributed by atoms with E-state index >= 15 is 0 Å². The van der Waals surface area contributed by atoms with E-state index in [4.69, 9.17) is 15.2 Å². The van der Waals surface area contributed by atoms with E-state index in [1.54, 1.807) is 0 Å². The van der Waals surface area contributed by atoms with Crippen molar-refractivity contribution in [2.24, 2.45) is 10.7 Å². The lowest BCUT2D eigenvalue weighted by Gasteiger charge is -2.09. The topological polar surface area (TPSA) is 68.9 Å². The van der Waals surface area contributed by atoms with Gasteiger partial charge in [0.1, 0.15) is 0 Å². The van der Waals surface area contributed by atoms with Crippen LogP contribution in [-0.4, -0.2) is 19.2 Å². The van der Waals surface area contributed by atoms with E-state index in [0.29, 0.717) is 25.7 Å². The molecule has 0 saturated carbocycles. The SMILES string of the molecule is Cc1ccc(NC(N)=NCc2ccc3c(c2)OCCCO3)cc1.I. The van der Waals surface area contributed by atoms with Crippen LogP contribution in [0, 0.1) is 6.92 Å². The maximum absolute atomic E-state index is 5.94. The Kier molecular flexibility index (Phi) is 6.72. The first kappa shape index (κ1) is 18.4. The monoisotopic (exact) mass is 439 g/mol. The van der Waals surface area contributed by atoms with Gasteiger partial charge in [-0.2, -0.15) is 0 Å². The number of guanidine groups is 1. The van der Waals surface area contributed by atoms with Crippen LogP contribution in [0.3, 0.4) is 0 Å². The van der Waals surface area contributed by atoms with Crippen molar-refractivity contribution < 1.29 is 9.47 Å². The molecule has 0 aromatic heterocycles. The number of hydrogen-bond acceptors (Lipinski definition) is 3. The molecule has 0 amide bonds. The van der Waals surface area contributed by atoms with E-state index in [1.807, 2.05) is 49.4 Å². The van der Waals surface area contributed by atoms with Crippen LogP contribution in [0.25, 0.3) is 0 Å². The summed E-state index contributed by atoms with van der Waals surface area (Å²) in [6.07, 6.45) is 0.898. The van der Waals surface area contributed by atoms with Gasteiger partial charge < -0.3 is 20.5 Å². The third kappa shape index (κ3) is 5.02. The van der Waals surface area contributed by atoms with Crippen molar-refractivity contribution in [2.75, 3.05) is 18.5 Å². The number of halogens is 1. The minimum Gasteiger partial charge on any atom is -0.490 e. The largest absolute Gasteiger partial charge is 0.490 e. The predicted molar refractivity (Wildman–Crippen MR) is 108 cm³/mol. The normalized spacial score (nSPS) is 13.6. The summed E-state index contributed by atoms with van der Waals surface area (Å²) in [6.45, 7) is 3.90. The van der Waals surface area contributed by atoms with Crippen molar-refractivity contribution in [1.82, 2.24) is 0 Å². The number of nitrogens with two attached hydrogens (primary N) is 1. The van der Waals surface area contributed by atoms with Crippen LogP contribution in [0.1, 0.15) is 17.5 Å². The summed E-state index contributed by atoms with van der Waals surface area (Å²) < 4.78 is 11.3. The van der Waals surface area contributed by atoms with Gasteiger partial charge in [0.25, 0.3) is 0 Å². The van der Waals surface area contributed by atoms with E-state index in [-0.39, 0.29) is 24.0 Å². The minimum absolute atomic E-state index is 0. The molecular formula is C18H22IN3O2. The first-order valence-electron chi connectivity index (χ1n) is 7.73. The van der Waals surface area contributed by atoms with E-state index in [1.165, 1.54) is 5.56 Å². The standard InChI is InChI=1S/C18H21N3O2.HI/c1-13-3-6-15(7-4-13)21-18(19)20-12-14-5-8-16-17(11-14)23-10-2-9-22-16;/h3-8,11H,2,9-10,12H2,1H3,(H3,19,20,21);1H. The van der Waals surface area contributed by atoms with Crippen molar-refractivity contribution in [3.63, 3.8) is 0 Å². The fourth-order valence-electron chi connectivity index (χ4n) is 2.31. The average Bonchev–Trinajstić information content (AvgIpc) is 2.80. The summed E-state index contributed by atoms with van der Waals surface area (Å²) in [5.41, 5.74) is 9.10. The number of ether oxygens (including phenoxy) is 2. The van der Waals surface area contributed by atoms with Crippen LogP contribution < -0.4 is 20.5 Å². The molecular weight excluding hydrogens is 417 g/mol. The number of anilines is 1. The van der Waals surface area contributed by atoms with Gasteiger partial charge in [-0.05, 0) is 36.8 Å². The summed E-state index contributed by atoms with van der Waals surface area (Å²) in [7, 11) is 0. The second kappa shape index (κ2) is 8.77. The lowest BCUT2D eigenvalue weighted by molar-refractivity contribution is 0.297. The molecule has 128 valence electrons. The Hall–Kier alpha value is -1.96. The Labute approximate surface area is 159 Å². The Morgan fingerprint density at radius 3 is 2.54 bits per heavy atom. The molecule has 0 spiro atoms. The van der Waals surface area contributed by atoms with Crippen molar-refractivity contribution in [2.45, 2.75) is 19.9 Å². The second-order valence-electron chi connectivity index (χ2n) is 5.52. The molecule has 0 radical (unpaired) electrons. The zero-order valence-corrected chi connectivity index (χ0v) is 15.9. The highest BCUT2D eigenvalue weighted by molar-refractivity contribution is 14.0. The van der Waals surface area contributed by atoms with Gasteiger partial charge in [0.15, 0.2) is 17.5 Å². The molecule has 3 rings (SSSR count). The van der Waals surface area contributed by atoms with Gasteiger partial charge in [0.2, 0.25) is 0 Å². The maximum atomic E-state index is 5.94. The van der Waals surface area contributed by atoms with Crippen LogP contribution in [0.5, 0.6) is 11.5 Å². The van der Waals surface area contributed by atoms with E-state index in [2.05, 4.69) is 10.3 Å². The molecule has 0 unspecified atom stereocenters. The van der Waals surface area contributed by atoms with Gasteiger partial charge >= 0.3 is 0 Å². The van der Waals surface area contributed by atoms with E-state index in [9.17, 15) is 0 Å². The van der Waals surface area contributed by atoms with Gasteiger partial charge in [-0.25, -0.2) is 4.99 Å². The second-order valence-corrected chi connectivity index (χ2v) is 5.52. The van der Waals surface area contributed by atoms with Crippen LogP contribution in [-0.2, 0) is 6.54 Å². The summed E-state index contributed by atoms with van der Waals surface area (Å²) in [6, 6.07) is 13.9. The number of benzene rings is 2. The van der Waals surface area contributed by atoms with Gasteiger partial charge in [0, 0.05) is 12.1 Å². The molecule has 0 saturated heterocycles. The number of fused-ring (bicyclic) bond motifs is 1. The molecule has 0 bridgehead atoms. The summed E-state index contributed by atoms with van der Waals surface area (Å²) >= 11 is 0. The predicted octanol–water partition coefficient (Wildman–Crippen LogP) is 3.70. The Balaban J connectivity index is 0.00000208. The number of rotatable bonds is 3. The molecule has 0 atom stereocenters. The number of aliphatic imine (C=N–C) groups is 1. The fraction of sp³-hybridized carbons (Fsp3) is 0.278. The number of aryl methyl sites for hydroxylation is 1. The molecule has 1 aliphatic rings. The lowest BCUT2D eigenvalue weighted by Crippen LogP contribution is -2.22. The Morgan fingerprint density at radius 1 is 1.08 bits per heavy atom. The third-order valence-electron chi connectivity index (χ3n) is 3.57. The van der Waals surface area contributed by atoms with Crippen molar-refractivity contribution >= 4 is 35.6 Å². The third-order valence-corrected chi connectivity index (χ3v) is 3.57. The molecule has 3 N–H and O–H groups in total. The zero-order valence-electron chi connectivity index (χ0n) is 13.6. The Bertz CT molecular complexity index is 702. The van der Waals surface area contributed by atoms with Gasteiger partial charge in [0.05, 0.1) is 19.8 Å². The Morgan fingerprint density at radius 2 is 1.79 bits per heavy atom. The van der Waals surface area contributed by atoms with Crippen LogP contribution in [0.4, 0.5) is 5.69 Å². The first-order valence-corrected chi connectivity index (χ1v) is 7.73. The highest BCUT2D eigenvalue weighted by Gasteiger charge is 2.10. The summed E-state index contributed by atoms with van der Waals surface area (Å²) in [5, 5.41) is 3.08. The first-order chi connectivity index (χ1) is 11.2. The van der Waals surface area contributed by atoms with Gasteiger partial charge in [-0.3, -0.25) is 0 Å². The summed E-state index contributed by atoms with van der Waals surface area (Å²) in [4.78, 5) is 4.37. The molecule has 1 heterocycles. The fourth-order valence-corrected chi connectivity index (χ4v) is 2.31. The maximum Gasteiger partial charge on any atom is 0.193 e. The molecule has 5 nitrogen and oxygen atoms in total. The van der Waals surface area contributed by atoms with E-state index < -0.39 is 0 Å². The number of nitrogens with one attached hydrogen (secondary N) is 1. The molecule has 0 aliphatic carbocycles. The van der Waals surface area contributed by atoms with Crippen LogP contribution in [0.15, 0.2) is 47.5 Å². The van der Waals surface area contributed by atoms with E-state index in [0.717, 1.165) is 29.2 Å². The molecule has 6 heteroatoms. The van der Waals surface area contributed by atoms with Crippen LogP contribution in [0.2, 0.25) is 0 Å². The van der Waals surface area contributed by atoms with Gasteiger partial charge in [-0.1, -0.05) is 23.8 Å². The quantitative estimate of drug-likeness (QED) is 0.435. The molecule has 1 aliphatic heterocycles. The van der Waals surface area contributed by atoms with Crippen molar-refractivity contribution in [3.05, 3.63) is 53.6 Å². The highest BCUT2D eigenvalue weighted by atomic mass is 127. The molecule has 2 aromatic carbocycles. The van der Waals surface area contributed by atoms with Crippen molar-refractivity contribution in [3.8, 4) is 11.5 Å². The number of nitrogens with zero attached hydrogens (tertiary/aromatic N) is 1. The minimum atomic E-state index is 0.